The van der Waals surface area contributed by atoms with Crippen molar-refractivity contribution in [2.75, 3.05) is 23.8 Å². The number of benzene rings is 2. The number of thioether (sulfide) groups is 1. The van der Waals surface area contributed by atoms with Gasteiger partial charge in [0.15, 0.2) is 0 Å². The maximum Gasteiger partial charge on any atom is 0.248 e. The summed E-state index contributed by atoms with van der Waals surface area (Å²) in [5.41, 5.74) is 2.07. The molecule has 0 aromatic heterocycles. The molecule has 0 radical (unpaired) electrons. The first-order valence-electron chi connectivity index (χ1n) is 12.4. The molecule has 36 heavy (non-hydrogen) atoms. The Bertz CT molecular complexity index is 1160. The maximum absolute atomic E-state index is 13.9. The molecule has 190 valence electrons. The van der Waals surface area contributed by atoms with Gasteiger partial charge in [-0.1, -0.05) is 41.9 Å². The number of nitrogens with one attached hydrogen (secondary N) is 2. The van der Waals surface area contributed by atoms with E-state index in [1.54, 1.807) is 22.7 Å². The van der Waals surface area contributed by atoms with Gasteiger partial charge in [-0.3, -0.25) is 14.4 Å². The molecule has 5 atom stereocenters. The number of amides is 3. The van der Waals surface area contributed by atoms with Gasteiger partial charge in [0.1, 0.15) is 6.04 Å². The van der Waals surface area contributed by atoms with Gasteiger partial charge in [-0.2, -0.15) is 0 Å². The molecule has 3 aliphatic heterocycles. The molecule has 5 rings (SSSR count). The largest absolute Gasteiger partial charge is 0.396 e. The highest BCUT2D eigenvalue weighted by atomic mass is 35.5. The zero-order valence-electron chi connectivity index (χ0n) is 20.1. The van der Waals surface area contributed by atoms with Gasteiger partial charge in [-0.05, 0) is 56.4 Å². The summed E-state index contributed by atoms with van der Waals surface area (Å²) in [6, 6.07) is 14.0. The number of nitrogens with zero attached hydrogens (tertiary/aromatic N) is 1. The van der Waals surface area contributed by atoms with E-state index in [0.29, 0.717) is 42.2 Å². The fraction of sp³-hybridized carbons (Fsp3) is 0.444. The number of fused-ring (bicyclic) bond motifs is 1. The minimum atomic E-state index is -0.714. The molecule has 2 unspecified atom stereocenters. The van der Waals surface area contributed by atoms with Crippen LogP contribution >= 0.6 is 23.4 Å². The lowest BCUT2D eigenvalue weighted by Crippen LogP contribution is -2.51. The number of anilines is 2. The third kappa shape index (κ3) is 4.19. The minimum absolute atomic E-state index is 0.0143. The van der Waals surface area contributed by atoms with Crippen LogP contribution in [0.25, 0.3) is 0 Å². The van der Waals surface area contributed by atoms with Crippen LogP contribution in [0.3, 0.4) is 0 Å². The smallest absolute Gasteiger partial charge is 0.248 e. The lowest BCUT2D eigenvalue weighted by molar-refractivity contribution is -0.138. The molecule has 1 spiro atoms. The number of likely N-dealkylation sites (tertiary alicyclic amines) is 1. The zero-order chi connectivity index (χ0) is 25.4. The summed E-state index contributed by atoms with van der Waals surface area (Å²) in [7, 11) is 0. The summed E-state index contributed by atoms with van der Waals surface area (Å²) in [4.78, 5) is 42.9. The van der Waals surface area contributed by atoms with Crippen molar-refractivity contribution in [3.05, 3.63) is 59.1 Å². The van der Waals surface area contributed by atoms with E-state index < -0.39 is 22.6 Å². The number of carbonyl (C=O) groups excluding carboxylic acids is 3. The zero-order valence-corrected chi connectivity index (χ0v) is 21.6. The first kappa shape index (κ1) is 25.1. The average Bonchev–Trinajstić information content (AvgIpc) is 3.50. The van der Waals surface area contributed by atoms with Crippen molar-refractivity contribution in [1.82, 2.24) is 4.90 Å². The van der Waals surface area contributed by atoms with Crippen LogP contribution in [0.2, 0.25) is 5.02 Å². The fourth-order valence-corrected chi connectivity index (χ4v) is 8.61. The summed E-state index contributed by atoms with van der Waals surface area (Å²) in [5.74, 6) is -1.66. The van der Waals surface area contributed by atoms with Crippen molar-refractivity contribution in [3.63, 3.8) is 0 Å². The lowest BCUT2D eigenvalue weighted by Gasteiger charge is -2.34. The van der Waals surface area contributed by atoms with E-state index in [1.165, 1.54) is 0 Å². The number of rotatable bonds is 8. The van der Waals surface area contributed by atoms with E-state index in [1.807, 2.05) is 49.4 Å². The predicted octanol–water partition coefficient (Wildman–Crippen LogP) is 4.09. The van der Waals surface area contributed by atoms with Gasteiger partial charge in [-0.15, -0.1) is 11.8 Å². The number of carbonyl (C=O) groups is 3. The number of aryl methyl sites for hydroxylation is 1. The molecule has 2 aromatic rings. The second kappa shape index (κ2) is 10.1. The van der Waals surface area contributed by atoms with Crippen LogP contribution in [0.4, 0.5) is 11.4 Å². The Kier molecular flexibility index (Phi) is 7.03. The third-order valence-electron chi connectivity index (χ3n) is 7.67. The SMILES string of the molecule is Cc1cccc(Cl)c1NC(=O)C1N(CCCCO)C(=O)[C@@H]2[C@H](C(=O)Nc3ccccc3)[C@@H]3CCC12S3. The van der Waals surface area contributed by atoms with Gasteiger partial charge >= 0.3 is 0 Å². The Hall–Kier alpha value is -2.55. The highest BCUT2D eigenvalue weighted by Gasteiger charge is 2.73. The summed E-state index contributed by atoms with van der Waals surface area (Å²) in [5, 5.41) is 15.7. The number of para-hydroxylation sites is 2. The molecule has 0 aliphatic carbocycles. The van der Waals surface area contributed by atoms with Gasteiger partial charge in [-0.25, -0.2) is 0 Å². The topological polar surface area (TPSA) is 98.7 Å². The second-order valence-electron chi connectivity index (χ2n) is 9.79. The molecule has 2 bridgehead atoms. The molecule has 3 N–H and O–H groups in total. The second-order valence-corrected chi connectivity index (χ2v) is 11.8. The first-order chi connectivity index (χ1) is 17.4. The van der Waals surface area contributed by atoms with Gasteiger partial charge < -0.3 is 20.6 Å². The minimum Gasteiger partial charge on any atom is -0.396 e. The number of hydrogen-bond acceptors (Lipinski definition) is 5. The van der Waals surface area contributed by atoms with Gasteiger partial charge in [0, 0.05) is 24.1 Å². The predicted molar refractivity (Wildman–Crippen MR) is 142 cm³/mol. The van der Waals surface area contributed by atoms with Gasteiger partial charge in [0.25, 0.3) is 0 Å². The van der Waals surface area contributed by atoms with E-state index in [4.69, 9.17) is 11.6 Å². The highest BCUT2D eigenvalue weighted by molar-refractivity contribution is 8.02. The van der Waals surface area contributed by atoms with E-state index in [-0.39, 0.29) is 29.6 Å². The molecular weight excluding hydrogens is 498 g/mol. The summed E-state index contributed by atoms with van der Waals surface area (Å²) in [6.07, 6.45) is 2.59. The van der Waals surface area contributed by atoms with Crippen molar-refractivity contribution >= 4 is 52.5 Å². The van der Waals surface area contributed by atoms with E-state index >= 15 is 0 Å². The molecule has 3 amide bonds. The fourth-order valence-electron chi connectivity index (χ4n) is 6.12. The Morgan fingerprint density at radius 1 is 1.11 bits per heavy atom. The van der Waals surface area contributed by atoms with E-state index in [0.717, 1.165) is 12.0 Å². The first-order valence-corrected chi connectivity index (χ1v) is 13.6. The summed E-state index contributed by atoms with van der Waals surface area (Å²) >= 11 is 8.03. The van der Waals surface area contributed by atoms with Crippen LogP contribution in [-0.2, 0) is 14.4 Å². The monoisotopic (exact) mass is 527 g/mol. The molecule has 3 aliphatic rings. The molecular formula is C27H30ClN3O4S. The highest BCUT2D eigenvalue weighted by Crippen LogP contribution is 2.66. The number of aliphatic hydroxyl groups is 1. The van der Waals surface area contributed by atoms with Crippen LogP contribution in [0, 0.1) is 18.8 Å². The van der Waals surface area contributed by atoms with Crippen molar-refractivity contribution in [3.8, 4) is 0 Å². The van der Waals surface area contributed by atoms with Gasteiger partial charge in [0.05, 0.1) is 27.3 Å². The van der Waals surface area contributed by atoms with Crippen LogP contribution in [0.1, 0.15) is 31.2 Å². The molecule has 2 aromatic carbocycles. The van der Waals surface area contributed by atoms with Gasteiger partial charge in [0.2, 0.25) is 17.7 Å². The number of halogens is 1. The van der Waals surface area contributed by atoms with Crippen molar-refractivity contribution in [1.29, 1.82) is 0 Å². The number of hydrogen-bond donors (Lipinski definition) is 3. The Morgan fingerprint density at radius 2 is 1.89 bits per heavy atom. The van der Waals surface area contributed by atoms with Crippen LogP contribution in [-0.4, -0.2) is 56.9 Å². The van der Waals surface area contributed by atoms with Crippen LogP contribution in [0.5, 0.6) is 0 Å². The summed E-state index contributed by atoms with van der Waals surface area (Å²) < 4.78 is -0.668. The molecule has 3 heterocycles. The normalized spacial score (nSPS) is 28.3. The van der Waals surface area contributed by atoms with Crippen molar-refractivity contribution < 1.29 is 19.5 Å². The van der Waals surface area contributed by atoms with E-state index in [9.17, 15) is 19.5 Å². The van der Waals surface area contributed by atoms with Crippen LogP contribution in [0.15, 0.2) is 48.5 Å². The quantitative estimate of drug-likeness (QED) is 0.449. The molecule has 7 nitrogen and oxygen atoms in total. The van der Waals surface area contributed by atoms with Crippen molar-refractivity contribution in [2.45, 2.75) is 48.6 Å². The standard InChI is InChI=1S/C27H30ClN3O4S/c1-16-8-7-11-18(28)22(16)30-25(34)23-27-13-12-19(36-27)20(24(33)29-17-9-3-2-4-10-17)21(27)26(35)31(23)14-5-6-15-32/h2-4,7-11,19-21,23,32H,5-6,12-15H2,1H3,(H,29,33)(H,30,34)/t19-,20+,21-,23?,27?/m0/s1. The molecule has 3 saturated heterocycles. The van der Waals surface area contributed by atoms with Crippen LogP contribution < -0.4 is 10.6 Å². The Morgan fingerprint density at radius 3 is 2.61 bits per heavy atom. The number of unbranched alkanes of at least 4 members (excludes halogenated alkanes) is 1. The van der Waals surface area contributed by atoms with E-state index in [2.05, 4.69) is 10.6 Å². The lowest BCUT2D eigenvalue weighted by atomic mass is 9.70. The Labute approximate surface area is 220 Å². The molecule has 0 saturated carbocycles. The third-order valence-corrected chi connectivity index (χ3v) is 9.94. The average molecular weight is 528 g/mol. The molecule has 3 fully saturated rings. The maximum atomic E-state index is 13.9. The molecule has 9 heteroatoms. The number of aliphatic hydroxyl groups excluding tert-OH is 1. The van der Waals surface area contributed by atoms with Crippen molar-refractivity contribution in [2.24, 2.45) is 11.8 Å². The summed E-state index contributed by atoms with van der Waals surface area (Å²) in [6.45, 7) is 2.25. The Balaban J connectivity index is 1.47.